The van der Waals surface area contributed by atoms with Gasteiger partial charge in [0, 0.05) is 31.5 Å². The van der Waals surface area contributed by atoms with E-state index in [9.17, 15) is 9.59 Å². The highest BCUT2D eigenvalue weighted by Crippen LogP contribution is 2.24. The van der Waals surface area contributed by atoms with Crippen molar-refractivity contribution >= 4 is 17.9 Å². The first-order valence-corrected chi connectivity index (χ1v) is 10.6. The lowest BCUT2D eigenvalue weighted by molar-refractivity contribution is -0.126. The molecule has 1 aromatic heterocycles. The van der Waals surface area contributed by atoms with E-state index in [1.165, 1.54) is 0 Å². The number of nitrogens with one attached hydrogen (secondary N) is 3. The Kier molecular flexibility index (Phi) is 9.15. The van der Waals surface area contributed by atoms with Crippen molar-refractivity contribution < 1.29 is 14.3 Å². The Morgan fingerprint density at radius 3 is 2.45 bits per heavy atom. The number of alkyl carbamates (subject to hydrolysis) is 1. The van der Waals surface area contributed by atoms with Crippen LogP contribution >= 0.6 is 0 Å². The van der Waals surface area contributed by atoms with Crippen LogP contribution < -0.4 is 16.0 Å². The van der Waals surface area contributed by atoms with Crippen LogP contribution in [0, 0.1) is 5.92 Å². The summed E-state index contributed by atoms with van der Waals surface area (Å²) in [5.74, 6) is 0.359. The van der Waals surface area contributed by atoms with Gasteiger partial charge in [-0.25, -0.2) is 14.8 Å². The largest absolute Gasteiger partial charge is 0.444 e. The molecular formula is C21H35N5O3. The normalized spacial score (nSPS) is 20.1. The Morgan fingerprint density at radius 2 is 1.76 bits per heavy atom. The predicted molar refractivity (Wildman–Crippen MR) is 112 cm³/mol. The van der Waals surface area contributed by atoms with Crippen molar-refractivity contribution in [2.24, 2.45) is 5.92 Å². The smallest absolute Gasteiger partial charge is 0.407 e. The van der Waals surface area contributed by atoms with Crippen molar-refractivity contribution in [1.82, 2.24) is 20.6 Å². The van der Waals surface area contributed by atoms with E-state index in [-0.39, 0.29) is 17.9 Å². The number of hydrogen-bond donors (Lipinski definition) is 3. The van der Waals surface area contributed by atoms with Gasteiger partial charge in [-0.3, -0.25) is 4.79 Å². The number of nitrogens with zero attached hydrogens (tertiary/aromatic N) is 2. The molecule has 0 radical (unpaired) electrons. The lowest BCUT2D eigenvalue weighted by atomic mass is 9.86. The number of ether oxygens (including phenoxy) is 1. The van der Waals surface area contributed by atoms with Crippen molar-refractivity contribution in [2.75, 3.05) is 18.4 Å². The lowest BCUT2D eigenvalue weighted by Gasteiger charge is -2.30. The molecule has 0 aromatic carbocycles. The van der Waals surface area contributed by atoms with Gasteiger partial charge in [-0.1, -0.05) is 25.7 Å². The maximum absolute atomic E-state index is 12.8. The SMILES string of the molecule is CC(C)(C)OC(=O)NC1CCCCCCC1C(=O)NCCCNc1ncccn1. The zero-order chi connectivity index (χ0) is 21.1. The molecule has 8 nitrogen and oxygen atoms in total. The van der Waals surface area contributed by atoms with Crippen molar-refractivity contribution in [3.8, 4) is 0 Å². The second kappa shape index (κ2) is 11.6. The molecule has 8 heteroatoms. The molecule has 2 unspecified atom stereocenters. The summed E-state index contributed by atoms with van der Waals surface area (Å²) in [5, 5.41) is 9.10. The van der Waals surface area contributed by atoms with E-state index < -0.39 is 11.7 Å². The summed E-state index contributed by atoms with van der Waals surface area (Å²) in [6.45, 7) is 6.75. The fourth-order valence-electron chi connectivity index (χ4n) is 3.45. The van der Waals surface area contributed by atoms with Crippen molar-refractivity contribution in [2.45, 2.75) is 77.4 Å². The number of carbonyl (C=O) groups excluding carboxylic acids is 2. The molecule has 162 valence electrons. The number of rotatable bonds is 7. The molecule has 2 amide bonds. The molecule has 29 heavy (non-hydrogen) atoms. The molecule has 1 aliphatic rings. The Balaban J connectivity index is 1.81. The molecule has 1 heterocycles. The summed E-state index contributed by atoms with van der Waals surface area (Å²) in [6.07, 6.45) is 9.52. The van der Waals surface area contributed by atoms with Crippen LogP contribution in [-0.4, -0.2) is 46.7 Å². The van der Waals surface area contributed by atoms with E-state index in [2.05, 4.69) is 25.9 Å². The van der Waals surface area contributed by atoms with Gasteiger partial charge in [0.15, 0.2) is 0 Å². The highest BCUT2D eigenvalue weighted by Gasteiger charge is 2.31. The maximum Gasteiger partial charge on any atom is 0.407 e. The van der Waals surface area contributed by atoms with Gasteiger partial charge in [0.05, 0.1) is 5.92 Å². The molecule has 0 saturated heterocycles. The van der Waals surface area contributed by atoms with Gasteiger partial charge in [-0.15, -0.1) is 0 Å². The molecule has 0 bridgehead atoms. The lowest BCUT2D eigenvalue weighted by Crippen LogP contribution is -2.48. The zero-order valence-corrected chi connectivity index (χ0v) is 17.9. The summed E-state index contributed by atoms with van der Waals surface area (Å²) in [4.78, 5) is 33.3. The monoisotopic (exact) mass is 405 g/mol. The number of hydrogen-bond acceptors (Lipinski definition) is 6. The molecule has 0 spiro atoms. The maximum atomic E-state index is 12.8. The number of aromatic nitrogens is 2. The molecule has 1 aromatic rings. The predicted octanol–water partition coefficient (Wildman–Crippen LogP) is 3.26. The molecule has 1 fully saturated rings. The van der Waals surface area contributed by atoms with Gasteiger partial charge in [0.2, 0.25) is 11.9 Å². The minimum absolute atomic E-state index is 0.00363. The second-order valence-corrected chi connectivity index (χ2v) is 8.49. The first-order chi connectivity index (χ1) is 13.8. The zero-order valence-electron chi connectivity index (χ0n) is 17.9. The van der Waals surface area contributed by atoms with Crippen molar-refractivity contribution in [3.05, 3.63) is 18.5 Å². The van der Waals surface area contributed by atoms with E-state index in [4.69, 9.17) is 4.74 Å². The molecule has 2 atom stereocenters. The molecule has 3 N–H and O–H groups in total. The van der Waals surface area contributed by atoms with E-state index >= 15 is 0 Å². The highest BCUT2D eigenvalue weighted by atomic mass is 16.6. The summed E-state index contributed by atoms with van der Waals surface area (Å²) in [6, 6.07) is 1.57. The molecular weight excluding hydrogens is 370 g/mol. The van der Waals surface area contributed by atoms with E-state index in [0.29, 0.717) is 19.0 Å². The van der Waals surface area contributed by atoms with Crippen molar-refractivity contribution in [1.29, 1.82) is 0 Å². The van der Waals surface area contributed by atoms with Gasteiger partial charge in [0.1, 0.15) is 5.60 Å². The Labute approximate surface area is 173 Å². The molecule has 2 rings (SSSR count). The average molecular weight is 406 g/mol. The van der Waals surface area contributed by atoms with Gasteiger partial charge in [-0.05, 0) is 46.1 Å². The second-order valence-electron chi connectivity index (χ2n) is 8.49. The summed E-state index contributed by atoms with van der Waals surface area (Å²) in [5.41, 5.74) is -0.557. The minimum Gasteiger partial charge on any atom is -0.444 e. The third-order valence-electron chi connectivity index (χ3n) is 4.81. The van der Waals surface area contributed by atoms with Crippen LogP contribution in [-0.2, 0) is 9.53 Å². The van der Waals surface area contributed by atoms with Gasteiger partial charge >= 0.3 is 6.09 Å². The standard InChI is InChI=1S/C21H35N5O3/c1-21(2,3)29-20(28)26-17-11-7-5-4-6-10-16(17)18(27)22-12-8-13-23-19-24-14-9-15-25-19/h9,14-17H,4-8,10-13H2,1-3H3,(H,22,27)(H,26,28)(H,23,24,25). The third-order valence-corrected chi connectivity index (χ3v) is 4.81. The van der Waals surface area contributed by atoms with Gasteiger partial charge in [-0.2, -0.15) is 0 Å². The van der Waals surface area contributed by atoms with Crippen molar-refractivity contribution in [3.63, 3.8) is 0 Å². The topological polar surface area (TPSA) is 105 Å². The number of anilines is 1. The molecule has 1 saturated carbocycles. The van der Waals surface area contributed by atoms with E-state index in [0.717, 1.165) is 44.9 Å². The van der Waals surface area contributed by atoms with E-state index in [1.54, 1.807) is 18.5 Å². The Morgan fingerprint density at radius 1 is 1.07 bits per heavy atom. The minimum atomic E-state index is -0.557. The van der Waals surface area contributed by atoms with Crippen LogP contribution in [0.2, 0.25) is 0 Å². The summed E-state index contributed by atoms with van der Waals surface area (Å²) >= 11 is 0. The first kappa shape index (κ1) is 22.9. The summed E-state index contributed by atoms with van der Waals surface area (Å²) in [7, 11) is 0. The van der Waals surface area contributed by atoms with Gasteiger partial charge < -0.3 is 20.7 Å². The van der Waals surface area contributed by atoms with Crippen LogP contribution in [0.1, 0.15) is 65.7 Å². The average Bonchev–Trinajstić information content (AvgIpc) is 2.63. The molecule has 0 aliphatic heterocycles. The van der Waals surface area contributed by atoms with E-state index in [1.807, 2.05) is 20.8 Å². The fraction of sp³-hybridized carbons (Fsp3) is 0.714. The van der Waals surface area contributed by atoms with Crippen LogP contribution in [0.4, 0.5) is 10.7 Å². The number of amides is 2. The van der Waals surface area contributed by atoms with Crippen LogP contribution in [0.25, 0.3) is 0 Å². The molecule has 1 aliphatic carbocycles. The van der Waals surface area contributed by atoms with Crippen LogP contribution in [0.15, 0.2) is 18.5 Å². The highest BCUT2D eigenvalue weighted by molar-refractivity contribution is 5.80. The Hall–Kier alpha value is -2.38. The summed E-state index contributed by atoms with van der Waals surface area (Å²) < 4.78 is 5.39. The van der Waals surface area contributed by atoms with Gasteiger partial charge in [0.25, 0.3) is 0 Å². The first-order valence-electron chi connectivity index (χ1n) is 10.6. The Bertz CT molecular complexity index is 633. The van der Waals surface area contributed by atoms with Crippen LogP contribution in [0.5, 0.6) is 0 Å². The third kappa shape index (κ3) is 9.11. The number of carbonyl (C=O) groups is 2. The van der Waals surface area contributed by atoms with Crippen LogP contribution in [0.3, 0.4) is 0 Å². The quantitative estimate of drug-likeness (QED) is 0.601. The fourth-order valence-corrected chi connectivity index (χ4v) is 3.45.